The summed E-state index contributed by atoms with van der Waals surface area (Å²) in [6.45, 7) is 7.48. The maximum atomic E-state index is 12.5. The third-order valence-corrected chi connectivity index (χ3v) is 7.98. The van der Waals surface area contributed by atoms with Gasteiger partial charge in [-0.3, -0.25) is 19.6 Å². The SMILES string of the molecule is CC(C)(C)OC(=O)N[C@H]1CCN([C@@H](CC2=NCN(C(c3ccccc3)(c3ccccc3)c3ccccc3)C2)C(=O)O)C1. The molecular formula is C34H40N4O4. The first-order chi connectivity index (χ1) is 20.2. The number of likely N-dealkylation sites (tertiary alicyclic amines) is 1. The van der Waals surface area contributed by atoms with Crippen LogP contribution in [0.25, 0.3) is 0 Å². The Morgan fingerprint density at radius 2 is 1.45 bits per heavy atom. The van der Waals surface area contributed by atoms with Gasteiger partial charge < -0.3 is 15.2 Å². The molecule has 0 bridgehead atoms. The first-order valence-corrected chi connectivity index (χ1v) is 14.6. The molecule has 8 heteroatoms. The van der Waals surface area contributed by atoms with Crippen LogP contribution in [0.15, 0.2) is 96.0 Å². The Bertz CT molecular complexity index is 1290. The number of benzene rings is 3. The van der Waals surface area contributed by atoms with E-state index >= 15 is 0 Å². The number of carboxylic acid groups (broad SMARTS) is 1. The summed E-state index contributed by atoms with van der Waals surface area (Å²) in [5, 5.41) is 13.2. The molecule has 1 amide bonds. The second-order valence-corrected chi connectivity index (χ2v) is 12.1. The molecule has 0 unspecified atom stereocenters. The van der Waals surface area contributed by atoms with Gasteiger partial charge in [0.2, 0.25) is 0 Å². The van der Waals surface area contributed by atoms with Gasteiger partial charge in [0.05, 0.1) is 12.2 Å². The number of carbonyl (C=O) groups excluding carboxylic acids is 1. The average molecular weight is 569 g/mol. The predicted octanol–water partition coefficient (Wildman–Crippen LogP) is 5.13. The summed E-state index contributed by atoms with van der Waals surface area (Å²) in [4.78, 5) is 34.0. The van der Waals surface area contributed by atoms with E-state index in [9.17, 15) is 14.7 Å². The van der Waals surface area contributed by atoms with Crippen molar-refractivity contribution in [1.29, 1.82) is 0 Å². The number of nitrogens with zero attached hydrogens (tertiary/aromatic N) is 3. The van der Waals surface area contributed by atoms with Crippen molar-refractivity contribution in [3.05, 3.63) is 108 Å². The Hall–Kier alpha value is -4.01. The van der Waals surface area contributed by atoms with Crippen LogP contribution in [0.3, 0.4) is 0 Å². The fourth-order valence-electron chi connectivity index (χ4n) is 6.20. The summed E-state index contributed by atoms with van der Waals surface area (Å²) in [6, 6.07) is 30.4. The van der Waals surface area contributed by atoms with Crippen molar-refractivity contribution in [1.82, 2.24) is 15.1 Å². The van der Waals surface area contributed by atoms with Crippen LogP contribution in [0.4, 0.5) is 4.79 Å². The largest absolute Gasteiger partial charge is 0.480 e. The summed E-state index contributed by atoms with van der Waals surface area (Å²) >= 11 is 0. The van der Waals surface area contributed by atoms with Gasteiger partial charge in [0.15, 0.2) is 0 Å². The molecule has 0 radical (unpaired) electrons. The van der Waals surface area contributed by atoms with E-state index < -0.39 is 29.2 Å². The second-order valence-electron chi connectivity index (χ2n) is 12.1. The number of carboxylic acids is 1. The standard InChI is InChI=1S/C34H40N4O4/c1-33(2,3)42-32(41)36-28-19-20-37(22-28)30(31(39)40)21-29-23-38(24-35-29)34(25-13-7-4-8-14-25,26-15-9-5-10-16-26)27-17-11-6-12-18-27/h4-18,28,30H,19-24H2,1-3H3,(H,36,41)(H,39,40)/t28-,30-/m0/s1. The summed E-state index contributed by atoms with van der Waals surface area (Å²) in [7, 11) is 0. The molecule has 3 aromatic rings. The topological polar surface area (TPSA) is 94.5 Å². The number of aliphatic carboxylic acids is 1. The van der Waals surface area contributed by atoms with Crippen LogP contribution in [0.5, 0.6) is 0 Å². The van der Waals surface area contributed by atoms with Gasteiger partial charge in [-0.15, -0.1) is 0 Å². The van der Waals surface area contributed by atoms with Gasteiger partial charge in [0, 0.05) is 37.8 Å². The van der Waals surface area contributed by atoms with Gasteiger partial charge >= 0.3 is 12.1 Å². The van der Waals surface area contributed by atoms with E-state index in [-0.39, 0.29) is 6.04 Å². The van der Waals surface area contributed by atoms with Crippen molar-refractivity contribution in [2.75, 3.05) is 26.3 Å². The highest BCUT2D eigenvalue weighted by Gasteiger charge is 2.44. The second kappa shape index (κ2) is 12.5. The molecule has 0 aliphatic carbocycles. The minimum atomic E-state index is -0.880. The Balaban J connectivity index is 1.37. The van der Waals surface area contributed by atoms with Gasteiger partial charge in [0.25, 0.3) is 0 Å². The highest BCUT2D eigenvalue weighted by atomic mass is 16.6. The lowest BCUT2D eigenvalue weighted by Crippen LogP contribution is -2.48. The molecule has 0 saturated carbocycles. The molecule has 5 rings (SSSR count). The number of carbonyl (C=O) groups is 2. The smallest absolute Gasteiger partial charge is 0.407 e. The highest BCUT2D eigenvalue weighted by Crippen LogP contribution is 2.43. The lowest BCUT2D eigenvalue weighted by Gasteiger charge is -2.43. The van der Waals surface area contributed by atoms with Crippen molar-refractivity contribution in [3.63, 3.8) is 0 Å². The monoisotopic (exact) mass is 568 g/mol. The quantitative estimate of drug-likeness (QED) is 0.348. The maximum absolute atomic E-state index is 12.5. The van der Waals surface area contributed by atoms with Gasteiger partial charge in [0.1, 0.15) is 11.6 Å². The van der Waals surface area contributed by atoms with E-state index in [2.05, 4.69) is 83.0 Å². The first kappa shape index (κ1) is 29.5. The molecule has 3 aromatic carbocycles. The number of alkyl carbamates (subject to hydrolysis) is 1. The van der Waals surface area contributed by atoms with Gasteiger partial charge in [-0.25, -0.2) is 4.79 Å². The van der Waals surface area contributed by atoms with Gasteiger partial charge in [-0.05, 0) is 43.9 Å². The molecule has 8 nitrogen and oxygen atoms in total. The number of hydrogen-bond acceptors (Lipinski definition) is 6. The summed E-state index contributed by atoms with van der Waals surface area (Å²) in [5.41, 5.74) is 3.05. The van der Waals surface area contributed by atoms with Crippen LogP contribution >= 0.6 is 0 Å². The van der Waals surface area contributed by atoms with E-state index in [1.807, 2.05) is 43.9 Å². The molecule has 2 N–H and O–H groups in total. The minimum Gasteiger partial charge on any atom is -0.480 e. The van der Waals surface area contributed by atoms with Crippen molar-refractivity contribution in [2.24, 2.45) is 4.99 Å². The minimum absolute atomic E-state index is 0.161. The molecule has 0 aromatic heterocycles. The van der Waals surface area contributed by atoms with E-state index in [1.165, 1.54) is 0 Å². The molecule has 1 saturated heterocycles. The molecule has 0 spiro atoms. The summed E-state index contributed by atoms with van der Waals surface area (Å²) < 4.78 is 5.39. The molecule has 2 aliphatic rings. The lowest BCUT2D eigenvalue weighted by atomic mass is 9.75. The summed E-state index contributed by atoms with van der Waals surface area (Å²) in [6.07, 6.45) is 0.510. The van der Waals surface area contributed by atoms with E-state index in [1.54, 1.807) is 0 Å². The number of ether oxygens (including phenoxy) is 1. The number of aliphatic imine (C=N–C) groups is 1. The zero-order chi connectivity index (χ0) is 29.7. The zero-order valence-electron chi connectivity index (χ0n) is 24.6. The molecular weight excluding hydrogens is 528 g/mol. The average Bonchev–Trinajstić information content (AvgIpc) is 3.63. The number of nitrogens with one attached hydrogen (secondary N) is 1. The molecule has 220 valence electrons. The molecule has 2 atom stereocenters. The molecule has 1 fully saturated rings. The summed E-state index contributed by atoms with van der Waals surface area (Å²) in [5.74, 6) is -0.880. The Morgan fingerprint density at radius 3 is 1.93 bits per heavy atom. The number of amides is 1. The van der Waals surface area contributed by atoms with E-state index in [4.69, 9.17) is 9.73 Å². The number of rotatable bonds is 9. The molecule has 42 heavy (non-hydrogen) atoms. The Labute approximate surface area is 248 Å². The zero-order valence-corrected chi connectivity index (χ0v) is 24.6. The Kier molecular flexibility index (Phi) is 8.75. The van der Waals surface area contributed by atoms with Gasteiger partial charge in [-0.2, -0.15) is 0 Å². The van der Waals surface area contributed by atoms with E-state index in [0.29, 0.717) is 39.1 Å². The highest BCUT2D eigenvalue weighted by molar-refractivity contribution is 5.92. The third kappa shape index (κ3) is 6.40. The Morgan fingerprint density at radius 1 is 0.929 bits per heavy atom. The van der Waals surface area contributed by atoms with Crippen LogP contribution in [0.2, 0.25) is 0 Å². The molecule has 2 heterocycles. The normalized spacial score (nSPS) is 18.8. The van der Waals surface area contributed by atoms with Crippen molar-refractivity contribution < 1.29 is 19.4 Å². The fraction of sp³-hybridized carbons (Fsp3) is 0.382. The van der Waals surface area contributed by atoms with E-state index in [0.717, 1.165) is 22.4 Å². The number of hydrogen-bond donors (Lipinski definition) is 2. The third-order valence-electron chi connectivity index (χ3n) is 7.98. The van der Waals surface area contributed by atoms with Crippen LogP contribution in [0.1, 0.15) is 50.3 Å². The predicted molar refractivity (Wildman–Crippen MR) is 164 cm³/mol. The first-order valence-electron chi connectivity index (χ1n) is 14.6. The van der Waals surface area contributed by atoms with Crippen molar-refractivity contribution in [2.45, 2.75) is 56.8 Å². The fourth-order valence-corrected chi connectivity index (χ4v) is 6.20. The maximum Gasteiger partial charge on any atom is 0.407 e. The van der Waals surface area contributed by atoms with Crippen molar-refractivity contribution in [3.8, 4) is 0 Å². The molecule has 2 aliphatic heterocycles. The lowest BCUT2D eigenvalue weighted by molar-refractivity contribution is -0.142. The van der Waals surface area contributed by atoms with Crippen LogP contribution in [-0.2, 0) is 15.1 Å². The van der Waals surface area contributed by atoms with Crippen molar-refractivity contribution >= 4 is 17.8 Å². The van der Waals surface area contributed by atoms with Crippen LogP contribution in [0, 0.1) is 0 Å². The van der Waals surface area contributed by atoms with Crippen LogP contribution < -0.4 is 5.32 Å². The van der Waals surface area contributed by atoms with Crippen LogP contribution in [-0.4, -0.2) is 76.7 Å². The van der Waals surface area contributed by atoms with Gasteiger partial charge in [-0.1, -0.05) is 91.0 Å².